The first-order valence-corrected chi connectivity index (χ1v) is 6.06. The van der Waals surface area contributed by atoms with Gasteiger partial charge in [-0.15, -0.1) is 0 Å². The maximum Gasteiger partial charge on any atom is 0.320 e. The van der Waals surface area contributed by atoms with Gasteiger partial charge in [-0.25, -0.2) is 0 Å². The van der Waals surface area contributed by atoms with Gasteiger partial charge in [-0.05, 0) is 38.3 Å². The highest BCUT2D eigenvalue weighted by molar-refractivity contribution is 5.71. The Kier molecular flexibility index (Phi) is 5.69. The van der Waals surface area contributed by atoms with E-state index in [4.69, 9.17) is 4.74 Å². The summed E-state index contributed by atoms with van der Waals surface area (Å²) < 4.78 is 5.17. The third kappa shape index (κ3) is 5.78. The van der Waals surface area contributed by atoms with Crippen molar-refractivity contribution in [3.63, 3.8) is 0 Å². The first kappa shape index (κ1) is 12.5. The second kappa shape index (κ2) is 6.83. The molecule has 0 radical (unpaired) electrons. The van der Waals surface area contributed by atoms with Crippen LogP contribution in [-0.4, -0.2) is 37.1 Å². The van der Waals surface area contributed by atoms with E-state index in [9.17, 15) is 4.79 Å². The number of hydrogen-bond acceptors (Lipinski definition) is 3. The van der Waals surface area contributed by atoms with Gasteiger partial charge in [0.2, 0.25) is 0 Å². The first-order chi connectivity index (χ1) is 7.18. The van der Waals surface area contributed by atoms with Gasteiger partial charge < -0.3 is 4.74 Å². The number of likely N-dealkylation sites (tertiary alicyclic amines) is 1. The minimum Gasteiger partial charge on any atom is -0.465 e. The number of ether oxygens (including phenoxy) is 1. The molecule has 0 N–H and O–H groups in total. The van der Waals surface area contributed by atoms with Crippen LogP contribution < -0.4 is 0 Å². The number of nitrogens with zero attached hydrogens (tertiary/aromatic N) is 1. The number of carbonyl (C=O) groups is 1. The van der Waals surface area contributed by atoms with E-state index in [2.05, 4.69) is 18.7 Å². The number of rotatable bonds is 5. The Morgan fingerprint density at radius 2 is 1.93 bits per heavy atom. The standard InChI is InChI=1S/C12H23NO2/c1-11(2)6-9-15-12(14)10-13-7-4-3-5-8-13/h11H,3-10H2,1-2H3. The summed E-state index contributed by atoms with van der Waals surface area (Å²) in [6.45, 7) is 7.44. The van der Waals surface area contributed by atoms with Gasteiger partial charge in [-0.2, -0.15) is 0 Å². The van der Waals surface area contributed by atoms with Crippen molar-refractivity contribution in [2.24, 2.45) is 5.92 Å². The summed E-state index contributed by atoms with van der Waals surface area (Å²) in [6, 6.07) is 0. The van der Waals surface area contributed by atoms with E-state index >= 15 is 0 Å². The SMILES string of the molecule is CC(C)CCOC(=O)CN1CCCCC1. The molecule has 0 unspecified atom stereocenters. The molecule has 1 heterocycles. The second-order valence-electron chi connectivity index (χ2n) is 4.74. The fourth-order valence-electron chi connectivity index (χ4n) is 1.75. The summed E-state index contributed by atoms with van der Waals surface area (Å²) in [5.74, 6) is 0.547. The van der Waals surface area contributed by atoms with Crippen LogP contribution >= 0.6 is 0 Å². The van der Waals surface area contributed by atoms with Crippen LogP contribution in [0.1, 0.15) is 39.5 Å². The quantitative estimate of drug-likeness (QED) is 0.655. The average Bonchev–Trinajstić information content (AvgIpc) is 2.18. The highest BCUT2D eigenvalue weighted by Gasteiger charge is 2.14. The molecule has 0 spiro atoms. The lowest BCUT2D eigenvalue weighted by Gasteiger charge is -2.25. The van der Waals surface area contributed by atoms with Crippen molar-refractivity contribution in [2.75, 3.05) is 26.2 Å². The van der Waals surface area contributed by atoms with Crippen LogP contribution in [0.2, 0.25) is 0 Å². The van der Waals surface area contributed by atoms with Crippen molar-refractivity contribution in [3.8, 4) is 0 Å². The topological polar surface area (TPSA) is 29.5 Å². The first-order valence-electron chi connectivity index (χ1n) is 6.06. The summed E-state index contributed by atoms with van der Waals surface area (Å²) in [5.41, 5.74) is 0. The molecule has 1 aliphatic rings. The van der Waals surface area contributed by atoms with Crippen molar-refractivity contribution >= 4 is 5.97 Å². The maximum atomic E-state index is 11.4. The fourth-order valence-corrected chi connectivity index (χ4v) is 1.75. The van der Waals surface area contributed by atoms with Crippen molar-refractivity contribution in [1.82, 2.24) is 4.90 Å². The zero-order valence-electron chi connectivity index (χ0n) is 10.00. The van der Waals surface area contributed by atoms with E-state index in [-0.39, 0.29) is 5.97 Å². The second-order valence-corrected chi connectivity index (χ2v) is 4.74. The molecule has 0 saturated carbocycles. The molecule has 0 atom stereocenters. The van der Waals surface area contributed by atoms with Gasteiger partial charge in [0.1, 0.15) is 0 Å². The Morgan fingerprint density at radius 1 is 1.27 bits per heavy atom. The molecular formula is C12H23NO2. The largest absolute Gasteiger partial charge is 0.465 e. The third-order valence-electron chi connectivity index (χ3n) is 2.76. The van der Waals surface area contributed by atoms with E-state index in [0.29, 0.717) is 19.1 Å². The van der Waals surface area contributed by atoms with Crippen LogP contribution in [0.15, 0.2) is 0 Å². The van der Waals surface area contributed by atoms with Crippen molar-refractivity contribution in [2.45, 2.75) is 39.5 Å². The number of carbonyl (C=O) groups excluding carboxylic acids is 1. The molecule has 88 valence electrons. The molecule has 3 nitrogen and oxygen atoms in total. The summed E-state index contributed by atoms with van der Waals surface area (Å²) in [5, 5.41) is 0. The van der Waals surface area contributed by atoms with Crippen molar-refractivity contribution in [3.05, 3.63) is 0 Å². The molecule has 1 rings (SSSR count). The predicted molar refractivity (Wildman–Crippen MR) is 60.7 cm³/mol. The Bertz CT molecular complexity index is 186. The van der Waals surface area contributed by atoms with Gasteiger partial charge in [0.25, 0.3) is 0 Å². The van der Waals surface area contributed by atoms with E-state index in [0.717, 1.165) is 19.5 Å². The molecule has 1 aliphatic heterocycles. The van der Waals surface area contributed by atoms with Gasteiger partial charge >= 0.3 is 5.97 Å². The Morgan fingerprint density at radius 3 is 2.53 bits per heavy atom. The minimum atomic E-state index is -0.0578. The molecule has 3 heteroatoms. The number of esters is 1. The van der Waals surface area contributed by atoms with Crippen LogP contribution in [0.4, 0.5) is 0 Å². The van der Waals surface area contributed by atoms with E-state index in [1.54, 1.807) is 0 Å². The third-order valence-corrected chi connectivity index (χ3v) is 2.76. The van der Waals surface area contributed by atoms with Crippen molar-refractivity contribution < 1.29 is 9.53 Å². The molecule has 0 aromatic heterocycles. The van der Waals surface area contributed by atoms with E-state index in [1.807, 2.05) is 0 Å². The zero-order valence-corrected chi connectivity index (χ0v) is 10.00. The van der Waals surface area contributed by atoms with Gasteiger partial charge in [0.15, 0.2) is 0 Å². The van der Waals surface area contributed by atoms with Crippen LogP contribution in [0, 0.1) is 5.92 Å². The van der Waals surface area contributed by atoms with Crippen LogP contribution in [0.25, 0.3) is 0 Å². The van der Waals surface area contributed by atoms with Gasteiger partial charge in [0.05, 0.1) is 13.2 Å². The summed E-state index contributed by atoms with van der Waals surface area (Å²) >= 11 is 0. The van der Waals surface area contributed by atoms with Crippen LogP contribution in [-0.2, 0) is 9.53 Å². The molecular weight excluding hydrogens is 190 g/mol. The molecule has 1 saturated heterocycles. The summed E-state index contributed by atoms with van der Waals surface area (Å²) in [4.78, 5) is 13.6. The molecule has 0 aromatic rings. The van der Waals surface area contributed by atoms with E-state index in [1.165, 1.54) is 19.3 Å². The molecule has 1 fully saturated rings. The molecule has 0 aliphatic carbocycles. The number of piperidine rings is 1. The van der Waals surface area contributed by atoms with Crippen LogP contribution in [0.5, 0.6) is 0 Å². The Hall–Kier alpha value is -0.570. The highest BCUT2D eigenvalue weighted by atomic mass is 16.5. The lowest BCUT2D eigenvalue weighted by atomic mass is 10.1. The normalized spacial score (nSPS) is 18.1. The van der Waals surface area contributed by atoms with Gasteiger partial charge in [-0.1, -0.05) is 20.3 Å². The molecule has 15 heavy (non-hydrogen) atoms. The summed E-state index contributed by atoms with van der Waals surface area (Å²) in [6.07, 6.45) is 4.71. The lowest BCUT2D eigenvalue weighted by Crippen LogP contribution is -2.35. The Balaban J connectivity index is 2.06. The smallest absolute Gasteiger partial charge is 0.320 e. The van der Waals surface area contributed by atoms with Gasteiger partial charge in [-0.3, -0.25) is 9.69 Å². The number of hydrogen-bond donors (Lipinski definition) is 0. The minimum absolute atomic E-state index is 0.0578. The molecule has 0 amide bonds. The fraction of sp³-hybridized carbons (Fsp3) is 0.917. The summed E-state index contributed by atoms with van der Waals surface area (Å²) in [7, 11) is 0. The predicted octanol–water partition coefficient (Wildman–Crippen LogP) is 2.06. The zero-order chi connectivity index (χ0) is 11.1. The highest BCUT2D eigenvalue weighted by Crippen LogP contribution is 2.08. The van der Waals surface area contributed by atoms with Crippen LogP contribution in [0.3, 0.4) is 0 Å². The Labute approximate surface area is 92.8 Å². The van der Waals surface area contributed by atoms with E-state index < -0.39 is 0 Å². The van der Waals surface area contributed by atoms with Gasteiger partial charge in [0, 0.05) is 0 Å². The van der Waals surface area contributed by atoms with Crippen molar-refractivity contribution in [1.29, 1.82) is 0 Å². The molecule has 0 aromatic carbocycles. The maximum absolute atomic E-state index is 11.4. The molecule has 0 bridgehead atoms. The lowest BCUT2D eigenvalue weighted by molar-refractivity contribution is -0.145. The average molecular weight is 213 g/mol. The monoisotopic (exact) mass is 213 g/mol.